The number of fused-ring (bicyclic) bond motifs is 6. The second-order valence-electron chi connectivity index (χ2n) is 7.59. The first kappa shape index (κ1) is 23.8. The Balaban J connectivity index is 1.96. The maximum atomic E-state index is 14.8. The average Bonchev–Trinajstić information content (AvgIpc) is 2.78. The molecule has 4 bridgehead atoms. The number of nitrogens with one attached hydrogen (secondary N) is 2. The number of hydrogen-bond donors (Lipinski definition) is 2. The Morgan fingerprint density at radius 2 is 1.82 bits per heavy atom. The summed E-state index contributed by atoms with van der Waals surface area (Å²) in [5.74, 6) is -2.63. The fourth-order valence-electron chi connectivity index (χ4n) is 3.51. The first-order chi connectivity index (χ1) is 16.1. The van der Waals surface area contributed by atoms with Crippen LogP contribution in [0, 0.1) is 11.6 Å². The van der Waals surface area contributed by atoms with Crippen LogP contribution in [0.25, 0.3) is 11.1 Å². The number of para-hydroxylation sites is 1. The number of anilines is 1. The number of hydrogen-bond acceptors (Lipinski definition) is 5. The fraction of sp³-hybridized carbons (Fsp3) is 0.174. The van der Waals surface area contributed by atoms with Gasteiger partial charge in [0.1, 0.15) is 28.9 Å². The van der Waals surface area contributed by atoms with E-state index in [9.17, 15) is 22.0 Å². The van der Waals surface area contributed by atoms with Gasteiger partial charge in [-0.1, -0.05) is 29.8 Å². The molecule has 34 heavy (non-hydrogen) atoms. The van der Waals surface area contributed by atoms with E-state index in [-0.39, 0.29) is 39.8 Å². The summed E-state index contributed by atoms with van der Waals surface area (Å²) in [6, 6.07) is 9.86. The molecular formula is C23H19ClF2N2O5S. The van der Waals surface area contributed by atoms with Gasteiger partial charge in [-0.2, -0.15) is 0 Å². The highest BCUT2D eigenvalue weighted by Crippen LogP contribution is 2.38. The Morgan fingerprint density at radius 3 is 2.56 bits per heavy atom. The summed E-state index contributed by atoms with van der Waals surface area (Å²) in [5.41, 5.74) is -0.383. The molecule has 0 spiro atoms. The predicted octanol–water partition coefficient (Wildman–Crippen LogP) is 4.61. The smallest absolute Gasteiger partial charge is 0.265 e. The average molecular weight is 509 g/mol. The van der Waals surface area contributed by atoms with Crippen LogP contribution in [0.2, 0.25) is 5.02 Å². The van der Waals surface area contributed by atoms with Crippen LogP contribution in [0.3, 0.4) is 0 Å². The molecule has 0 fully saturated rings. The minimum Gasteiger partial charge on any atom is -0.494 e. The molecule has 0 aromatic heterocycles. The highest BCUT2D eigenvalue weighted by molar-refractivity contribution is 7.92. The Morgan fingerprint density at radius 1 is 1.09 bits per heavy atom. The molecule has 0 aliphatic carbocycles. The van der Waals surface area contributed by atoms with Crippen LogP contribution in [0.5, 0.6) is 11.5 Å². The normalized spacial score (nSPS) is 17.2. The Hall–Kier alpha value is -3.37. The van der Waals surface area contributed by atoms with Gasteiger partial charge in [0.2, 0.25) is 0 Å². The number of rotatable bonds is 1. The molecule has 1 atom stereocenters. The maximum Gasteiger partial charge on any atom is 0.265 e. The lowest BCUT2D eigenvalue weighted by Gasteiger charge is -2.17. The van der Waals surface area contributed by atoms with Crippen molar-refractivity contribution in [3.8, 4) is 22.6 Å². The minimum absolute atomic E-state index is 0.0196. The molecular weight excluding hydrogens is 490 g/mol. The van der Waals surface area contributed by atoms with E-state index in [1.54, 1.807) is 31.2 Å². The van der Waals surface area contributed by atoms with Crippen LogP contribution >= 0.6 is 11.6 Å². The van der Waals surface area contributed by atoms with Gasteiger partial charge in [0.05, 0.1) is 23.9 Å². The van der Waals surface area contributed by atoms with Crippen molar-refractivity contribution in [1.82, 2.24) is 5.32 Å². The molecule has 11 heteroatoms. The SMILES string of the molecule is COc1c(Cl)cc2cc1S(=O)(=O)Nc1cc(c(F)cc1F)-c1ccccc1OC[C@H](C)NC2=O. The summed E-state index contributed by atoms with van der Waals surface area (Å²) in [4.78, 5) is 12.3. The minimum atomic E-state index is -4.53. The third kappa shape index (κ3) is 4.51. The van der Waals surface area contributed by atoms with Gasteiger partial charge in [-0.15, -0.1) is 0 Å². The van der Waals surface area contributed by atoms with E-state index in [1.165, 1.54) is 13.2 Å². The number of benzene rings is 3. The monoisotopic (exact) mass is 508 g/mol. The van der Waals surface area contributed by atoms with Gasteiger partial charge < -0.3 is 14.8 Å². The van der Waals surface area contributed by atoms with E-state index in [2.05, 4.69) is 10.0 Å². The number of carbonyl (C=O) groups excluding carboxylic acids is 1. The lowest BCUT2D eigenvalue weighted by molar-refractivity contribution is 0.0926. The number of sulfonamides is 1. The third-order valence-corrected chi connectivity index (χ3v) is 6.76. The third-order valence-electron chi connectivity index (χ3n) is 5.11. The fourth-order valence-corrected chi connectivity index (χ4v) is 5.14. The van der Waals surface area contributed by atoms with Crippen molar-refractivity contribution in [2.45, 2.75) is 17.9 Å². The zero-order valence-corrected chi connectivity index (χ0v) is 19.6. The quantitative estimate of drug-likeness (QED) is 0.501. The molecule has 0 saturated heterocycles. The zero-order chi connectivity index (χ0) is 24.6. The summed E-state index contributed by atoms with van der Waals surface area (Å²) in [6.07, 6.45) is 0. The summed E-state index contributed by atoms with van der Waals surface area (Å²) in [7, 11) is -3.32. The first-order valence-corrected chi connectivity index (χ1v) is 11.9. The van der Waals surface area contributed by atoms with E-state index >= 15 is 0 Å². The van der Waals surface area contributed by atoms with Gasteiger partial charge in [0.15, 0.2) is 5.75 Å². The van der Waals surface area contributed by atoms with E-state index in [0.717, 1.165) is 12.1 Å². The van der Waals surface area contributed by atoms with Crippen LogP contribution in [0.4, 0.5) is 14.5 Å². The highest BCUT2D eigenvalue weighted by Gasteiger charge is 2.27. The van der Waals surface area contributed by atoms with Gasteiger partial charge in [0.25, 0.3) is 15.9 Å². The maximum absolute atomic E-state index is 14.8. The Bertz CT molecular complexity index is 1400. The summed E-state index contributed by atoms with van der Waals surface area (Å²) in [5, 5.41) is 2.55. The van der Waals surface area contributed by atoms with Gasteiger partial charge >= 0.3 is 0 Å². The Labute approximate surface area is 199 Å². The van der Waals surface area contributed by atoms with E-state index in [4.69, 9.17) is 21.1 Å². The highest BCUT2D eigenvalue weighted by atomic mass is 35.5. The van der Waals surface area contributed by atoms with Crippen LogP contribution in [-0.2, 0) is 10.0 Å². The van der Waals surface area contributed by atoms with Crippen LogP contribution < -0.4 is 19.5 Å². The molecule has 0 saturated carbocycles. The Kier molecular flexibility index (Phi) is 6.37. The van der Waals surface area contributed by atoms with Gasteiger partial charge in [0, 0.05) is 22.8 Å². The number of ether oxygens (including phenoxy) is 2. The lowest BCUT2D eigenvalue weighted by Crippen LogP contribution is -2.37. The van der Waals surface area contributed by atoms with Crippen molar-refractivity contribution < 1.29 is 31.5 Å². The largest absolute Gasteiger partial charge is 0.494 e. The van der Waals surface area contributed by atoms with E-state index < -0.39 is 44.2 Å². The predicted molar refractivity (Wildman–Crippen MR) is 123 cm³/mol. The number of carbonyl (C=O) groups is 1. The molecule has 4 rings (SSSR count). The van der Waals surface area contributed by atoms with Crippen LogP contribution in [0.15, 0.2) is 53.4 Å². The first-order valence-electron chi connectivity index (χ1n) is 10.0. The molecule has 0 unspecified atom stereocenters. The summed E-state index contributed by atoms with van der Waals surface area (Å²) in [6.45, 7) is 1.70. The van der Waals surface area contributed by atoms with Gasteiger partial charge in [-0.3, -0.25) is 9.52 Å². The molecule has 3 aromatic carbocycles. The molecule has 178 valence electrons. The van der Waals surface area contributed by atoms with Crippen LogP contribution in [0.1, 0.15) is 17.3 Å². The summed E-state index contributed by atoms with van der Waals surface area (Å²) < 4.78 is 68.9. The second kappa shape index (κ2) is 9.11. The van der Waals surface area contributed by atoms with Crippen LogP contribution in [-0.4, -0.2) is 34.1 Å². The molecule has 1 aliphatic heterocycles. The molecule has 1 heterocycles. The lowest BCUT2D eigenvalue weighted by atomic mass is 10.0. The summed E-state index contributed by atoms with van der Waals surface area (Å²) >= 11 is 6.19. The van der Waals surface area contributed by atoms with Crippen molar-refractivity contribution in [3.63, 3.8) is 0 Å². The van der Waals surface area contributed by atoms with Crippen molar-refractivity contribution in [1.29, 1.82) is 0 Å². The standard InChI is InChI=1S/C23H19ClF2N2O5S/c1-12-11-33-20-6-4-3-5-14(20)15-9-19(18(26)10-17(15)25)28-34(30,31)21-8-13(23(29)27-12)7-16(24)22(21)32-2/h3-10,12,28H,11H2,1-2H3,(H,27,29)/t12-/m0/s1. The van der Waals surface area contributed by atoms with Crippen molar-refractivity contribution in [2.24, 2.45) is 0 Å². The van der Waals surface area contributed by atoms with Crippen molar-refractivity contribution in [2.75, 3.05) is 18.4 Å². The topological polar surface area (TPSA) is 93.7 Å². The zero-order valence-electron chi connectivity index (χ0n) is 18.0. The molecule has 2 N–H and O–H groups in total. The number of methoxy groups -OCH3 is 1. The second-order valence-corrected chi connectivity index (χ2v) is 9.65. The van der Waals surface area contributed by atoms with Gasteiger partial charge in [-0.25, -0.2) is 17.2 Å². The number of amides is 1. The van der Waals surface area contributed by atoms with Gasteiger partial charge in [-0.05, 0) is 31.2 Å². The number of halogens is 3. The van der Waals surface area contributed by atoms with Crippen molar-refractivity contribution >= 4 is 33.2 Å². The molecule has 7 nitrogen and oxygen atoms in total. The van der Waals surface area contributed by atoms with Crippen molar-refractivity contribution in [3.05, 3.63) is 70.8 Å². The van der Waals surface area contributed by atoms with E-state index in [1.807, 2.05) is 0 Å². The molecule has 1 amide bonds. The molecule has 0 radical (unpaired) electrons. The van der Waals surface area contributed by atoms with E-state index in [0.29, 0.717) is 6.07 Å². The molecule has 1 aliphatic rings. The molecule has 3 aromatic rings.